The molecular weight excluding hydrogens is 452 g/mol. The zero-order valence-electron chi connectivity index (χ0n) is 18.6. The third kappa shape index (κ3) is 7.35. The molecule has 0 radical (unpaired) electrons. The molecule has 0 unspecified atom stereocenters. The highest BCUT2D eigenvalue weighted by atomic mass is 32.2. The lowest BCUT2D eigenvalue weighted by Gasteiger charge is -2.13. The van der Waals surface area contributed by atoms with E-state index in [0.29, 0.717) is 34.2 Å². The summed E-state index contributed by atoms with van der Waals surface area (Å²) in [4.78, 5) is 10.6. The fraction of sp³-hybridized carbons (Fsp3) is 0.227. The number of sulfonamides is 1. The second kappa shape index (κ2) is 11.7. The average Bonchev–Trinajstić information content (AvgIpc) is 2.79. The standard InChI is InChI=1S/C22H26N2O8S/c1-29-16-13-20(31-3)17(21(14-16)32-4)9-11-33(27,28)24-15-7-8-19(30-2)18(12-15)23-10-5-6-22(25)26/h5-9,11-14,23-24H,10H2,1-4H3,(H,25,26). The number of carboxylic acid groups (broad SMARTS) is 1. The van der Waals surface area contributed by atoms with E-state index >= 15 is 0 Å². The number of carbonyl (C=O) groups is 1. The molecule has 0 aliphatic rings. The minimum Gasteiger partial charge on any atom is -0.496 e. The highest BCUT2D eigenvalue weighted by molar-refractivity contribution is 7.95. The maximum absolute atomic E-state index is 12.7. The fourth-order valence-electron chi connectivity index (χ4n) is 2.79. The van der Waals surface area contributed by atoms with Gasteiger partial charge in [0.25, 0.3) is 10.0 Å². The zero-order valence-corrected chi connectivity index (χ0v) is 19.4. The number of ether oxygens (including phenoxy) is 4. The van der Waals surface area contributed by atoms with Crippen LogP contribution in [0, 0.1) is 0 Å². The van der Waals surface area contributed by atoms with Crippen LogP contribution in [0.5, 0.6) is 23.0 Å². The highest BCUT2D eigenvalue weighted by Crippen LogP contribution is 2.35. The number of carboxylic acids is 1. The number of hydrogen-bond donors (Lipinski definition) is 3. The van der Waals surface area contributed by atoms with Crippen molar-refractivity contribution in [3.05, 3.63) is 53.5 Å². The summed E-state index contributed by atoms with van der Waals surface area (Å²) in [7, 11) is 1.97. The molecule has 0 saturated carbocycles. The van der Waals surface area contributed by atoms with Crippen molar-refractivity contribution in [1.29, 1.82) is 0 Å². The number of hydrogen-bond acceptors (Lipinski definition) is 8. The van der Waals surface area contributed by atoms with E-state index in [4.69, 9.17) is 24.1 Å². The van der Waals surface area contributed by atoms with E-state index in [1.165, 1.54) is 52.7 Å². The molecule has 3 N–H and O–H groups in total. The van der Waals surface area contributed by atoms with Crippen LogP contribution in [0.4, 0.5) is 11.4 Å². The van der Waals surface area contributed by atoms with Crippen molar-refractivity contribution in [1.82, 2.24) is 0 Å². The van der Waals surface area contributed by atoms with Gasteiger partial charge >= 0.3 is 5.97 Å². The first-order chi connectivity index (χ1) is 15.7. The third-order valence-corrected chi connectivity index (χ3v) is 5.31. The molecule has 0 spiro atoms. The molecule has 0 atom stereocenters. The summed E-state index contributed by atoms with van der Waals surface area (Å²) in [6.45, 7) is 0.204. The van der Waals surface area contributed by atoms with E-state index in [-0.39, 0.29) is 12.2 Å². The maximum Gasteiger partial charge on any atom is 0.328 e. The second-order valence-corrected chi connectivity index (χ2v) is 8.00. The summed E-state index contributed by atoms with van der Waals surface area (Å²) >= 11 is 0. The van der Waals surface area contributed by atoms with Gasteiger partial charge in [0, 0.05) is 24.8 Å². The molecule has 2 aromatic carbocycles. The molecule has 10 nitrogen and oxygen atoms in total. The van der Waals surface area contributed by atoms with Crippen LogP contribution in [-0.2, 0) is 14.8 Å². The molecule has 0 aliphatic carbocycles. The Morgan fingerprint density at radius 2 is 1.61 bits per heavy atom. The van der Waals surface area contributed by atoms with Crippen molar-refractivity contribution in [2.24, 2.45) is 0 Å². The molecule has 2 rings (SSSR count). The van der Waals surface area contributed by atoms with Crippen molar-refractivity contribution in [3.8, 4) is 23.0 Å². The van der Waals surface area contributed by atoms with Crippen LogP contribution in [0.25, 0.3) is 6.08 Å². The van der Waals surface area contributed by atoms with Gasteiger partial charge < -0.3 is 29.4 Å². The molecule has 0 heterocycles. The van der Waals surface area contributed by atoms with Crippen molar-refractivity contribution < 1.29 is 37.3 Å². The molecule has 0 amide bonds. The lowest BCUT2D eigenvalue weighted by atomic mass is 10.1. The Morgan fingerprint density at radius 3 is 2.15 bits per heavy atom. The van der Waals surface area contributed by atoms with Crippen LogP contribution in [0.15, 0.2) is 47.9 Å². The lowest BCUT2D eigenvalue weighted by molar-refractivity contribution is -0.131. The SMILES string of the molecule is COc1cc(OC)c(C=CS(=O)(=O)Nc2ccc(OC)c(NCC=CC(=O)O)c2)c(OC)c1. The van der Waals surface area contributed by atoms with E-state index in [1.54, 1.807) is 18.2 Å². The Hall–Kier alpha value is -3.86. The quantitative estimate of drug-likeness (QED) is 0.393. The highest BCUT2D eigenvalue weighted by Gasteiger charge is 2.14. The summed E-state index contributed by atoms with van der Waals surface area (Å²) < 4.78 is 48.9. The van der Waals surface area contributed by atoms with Gasteiger partial charge in [0.05, 0.1) is 50.8 Å². The summed E-state index contributed by atoms with van der Waals surface area (Å²) in [5.41, 5.74) is 1.18. The smallest absolute Gasteiger partial charge is 0.328 e. The van der Waals surface area contributed by atoms with Gasteiger partial charge in [-0.15, -0.1) is 0 Å². The van der Waals surface area contributed by atoms with E-state index in [1.807, 2.05) is 0 Å². The van der Waals surface area contributed by atoms with Gasteiger partial charge in [0.1, 0.15) is 23.0 Å². The van der Waals surface area contributed by atoms with Crippen molar-refractivity contribution >= 4 is 33.4 Å². The van der Waals surface area contributed by atoms with Gasteiger partial charge in [-0.2, -0.15) is 0 Å². The molecule has 0 aliphatic heterocycles. The Morgan fingerprint density at radius 1 is 0.970 bits per heavy atom. The molecule has 33 heavy (non-hydrogen) atoms. The van der Waals surface area contributed by atoms with E-state index in [9.17, 15) is 13.2 Å². The summed E-state index contributed by atoms with van der Waals surface area (Å²) in [5, 5.41) is 12.6. The third-order valence-electron chi connectivity index (χ3n) is 4.30. The largest absolute Gasteiger partial charge is 0.496 e. The van der Waals surface area contributed by atoms with Crippen LogP contribution in [-0.4, -0.2) is 54.5 Å². The summed E-state index contributed by atoms with van der Waals surface area (Å²) in [6, 6.07) is 7.88. The zero-order chi connectivity index (χ0) is 24.4. The lowest BCUT2D eigenvalue weighted by Crippen LogP contribution is -2.10. The van der Waals surface area contributed by atoms with Crippen molar-refractivity contribution in [2.45, 2.75) is 0 Å². The molecule has 0 bridgehead atoms. The molecule has 0 aromatic heterocycles. The minimum atomic E-state index is -3.90. The van der Waals surface area contributed by atoms with Crippen LogP contribution >= 0.6 is 0 Å². The van der Waals surface area contributed by atoms with E-state index in [2.05, 4.69) is 10.0 Å². The Bertz CT molecular complexity index is 1120. The minimum absolute atomic E-state index is 0.204. The molecule has 0 saturated heterocycles. The predicted octanol–water partition coefficient (Wildman–Crippen LogP) is 3.19. The molecule has 2 aromatic rings. The topological polar surface area (TPSA) is 132 Å². The van der Waals surface area contributed by atoms with Crippen LogP contribution in [0.2, 0.25) is 0 Å². The summed E-state index contributed by atoms with van der Waals surface area (Å²) in [5.74, 6) is 0.649. The predicted molar refractivity (Wildman–Crippen MR) is 126 cm³/mol. The van der Waals surface area contributed by atoms with Gasteiger partial charge in [0.2, 0.25) is 0 Å². The van der Waals surface area contributed by atoms with E-state index in [0.717, 1.165) is 11.5 Å². The van der Waals surface area contributed by atoms with Gasteiger partial charge in [-0.3, -0.25) is 4.72 Å². The number of aliphatic carboxylic acids is 1. The number of methoxy groups -OCH3 is 4. The van der Waals surface area contributed by atoms with Crippen LogP contribution in [0.3, 0.4) is 0 Å². The van der Waals surface area contributed by atoms with Crippen molar-refractivity contribution in [2.75, 3.05) is 45.0 Å². The first-order valence-corrected chi connectivity index (χ1v) is 11.1. The van der Waals surface area contributed by atoms with Gasteiger partial charge in [0.15, 0.2) is 0 Å². The van der Waals surface area contributed by atoms with Gasteiger partial charge in [-0.05, 0) is 24.3 Å². The van der Waals surface area contributed by atoms with Crippen molar-refractivity contribution in [3.63, 3.8) is 0 Å². The Balaban J connectivity index is 2.26. The fourth-order valence-corrected chi connectivity index (χ4v) is 3.63. The molecular formula is C22H26N2O8S. The second-order valence-electron chi connectivity index (χ2n) is 6.43. The van der Waals surface area contributed by atoms with Crippen LogP contribution < -0.4 is 29.0 Å². The number of nitrogens with one attached hydrogen (secondary N) is 2. The Labute approximate surface area is 192 Å². The normalized spacial score (nSPS) is 11.4. The molecule has 178 valence electrons. The first kappa shape index (κ1) is 25.4. The molecule has 0 fully saturated rings. The summed E-state index contributed by atoms with van der Waals surface area (Å²) in [6.07, 6.45) is 3.77. The van der Waals surface area contributed by atoms with E-state index < -0.39 is 16.0 Å². The van der Waals surface area contributed by atoms with Gasteiger partial charge in [-0.25, -0.2) is 13.2 Å². The molecule has 11 heteroatoms. The first-order valence-electron chi connectivity index (χ1n) is 9.55. The van der Waals surface area contributed by atoms with Gasteiger partial charge in [-0.1, -0.05) is 6.08 Å². The number of rotatable bonds is 12. The van der Waals surface area contributed by atoms with Crippen LogP contribution in [0.1, 0.15) is 5.56 Å². The average molecular weight is 479 g/mol. The number of anilines is 2. The Kier molecular flexibility index (Phi) is 8.98. The monoisotopic (exact) mass is 478 g/mol. The maximum atomic E-state index is 12.7. The number of benzene rings is 2.